The summed E-state index contributed by atoms with van der Waals surface area (Å²) in [5, 5.41) is 0. The van der Waals surface area contributed by atoms with Gasteiger partial charge in [-0.3, -0.25) is 9.59 Å². The Hall–Kier alpha value is -3.44. The summed E-state index contributed by atoms with van der Waals surface area (Å²) in [5.74, 6) is -2.71. The summed E-state index contributed by atoms with van der Waals surface area (Å²) in [6, 6.07) is 22.1. The highest BCUT2D eigenvalue weighted by Crippen LogP contribution is 2.65. The van der Waals surface area contributed by atoms with Gasteiger partial charge in [-0.25, -0.2) is 9.69 Å². The number of benzene rings is 3. The van der Waals surface area contributed by atoms with Gasteiger partial charge >= 0.3 is 5.97 Å². The van der Waals surface area contributed by atoms with Gasteiger partial charge in [-0.1, -0.05) is 54.6 Å². The Balaban J connectivity index is 1.52. The van der Waals surface area contributed by atoms with E-state index in [4.69, 9.17) is 16.3 Å². The van der Waals surface area contributed by atoms with Gasteiger partial charge in [0, 0.05) is 5.92 Å². The Morgan fingerprint density at radius 2 is 1.58 bits per heavy atom. The smallest absolute Gasteiger partial charge is 0.338 e. The molecule has 2 bridgehead atoms. The number of carbonyl (C=O) groups is 3. The van der Waals surface area contributed by atoms with E-state index in [1.807, 2.05) is 48.5 Å². The Labute approximate surface area is 195 Å². The number of imide groups is 1. The van der Waals surface area contributed by atoms with Crippen LogP contribution in [0.3, 0.4) is 0 Å². The molecule has 2 amide bonds. The fraction of sp³-hybridized carbons (Fsp3) is 0.222. The molecule has 3 aliphatic carbocycles. The zero-order valence-electron chi connectivity index (χ0n) is 17.8. The SMILES string of the molecule is CCOC(=O)c1cccc(N2C(=O)[C@@H]3[C@@H](C2=O)C2c4ccccc4C3(Cl)c3ccccc32)c1. The van der Waals surface area contributed by atoms with E-state index in [9.17, 15) is 14.4 Å². The molecule has 1 saturated heterocycles. The van der Waals surface area contributed by atoms with E-state index in [2.05, 4.69) is 0 Å². The van der Waals surface area contributed by atoms with Gasteiger partial charge in [-0.05, 0) is 47.4 Å². The van der Waals surface area contributed by atoms with Crippen molar-refractivity contribution in [2.75, 3.05) is 11.5 Å². The summed E-state index contributed by atoms with van der Waals surface area (Å²) in [7, 11) is 0. The van der Waals surface area contributed by atoms with Crippen LogP contribution in [0.15, 0.2) is 72.8 Å². The molecular formula is C27H20ClNO4. The maximum Gasteiger partial charge on any atom is 0.338 e. The number of hydrogen-bond donors (Lipinski definition) is 0. The number of carbonyl (C=O) groups excluding carboxylic acids is 3. The van der Waals surface area contributed by atoms with Crippen molar-refractivity contribution in [3.05, 3.63) is 101 Å². The third kappa shape index (κ3) is 2.51. The molecule has 164 valence electrons. The van der Waals surface area contributed by atoms with Crippen molar-refractivity contribution in [1.29, 1.82) is 0 Å². The molecule has 6 heteroatoms. The lowest BCUT2D eigenvalue weighted by molar-refractivity contribution is -0.122. The van der Waals surface area contributed by atoms with Crippen molar-refractivity contribution in [3.63, 3.8) is 0 Å². The number of rotatable bonds is 3. The van der Waals surface area contributed by atoms with Crippen LogP contribution in [0.4, 0.5) is 5.69 Å². The van der Waals surface area contributed by atoms with Crippen LogP contribution in [0.2, 0.25) is 0 Å². The third-order valence-electron chi connectivity index (χ3n) is 7.13. The number of esters is 1. The van der Waals surface area contributed by atoms with E-state index in [0.29, 0.717) is 11.3 Å². The summed E-state index contributed by atoms with van der Waals surface area (Å²) in [6.07, 6.45) is 0. The average Bonchev–Trinajstić information content (AvgIpc) is 3.11. The van der Waals surface area contributed by atoms with Crippen LogP contribution in [0, 0.1) is 11.8 Å². The zero-order valence-corrected chi connectivity index (χ0v) is 18.6. The predicted molar refractivity (Wildman–Crippen MR) is 123 cm³/mol. The first-order valence-electron chi connectivity index (χ1n) is 11.0. The molecule has 3 aromatic rings. The van der Waals surface area contributed by atoms with E-state index in [1.54, 1.807) is 25.1 Å². The molecule has 0 radical (unpaired) electrons. The molecule has 0 N–H and O–H groups in total. The largest absolute Gasteiger partial charge is 0.462 e. The van der Waals surface area contributed by atoms with Gasteiger partial charge < -0.3 is 4.74 Å². The number of alkyl halides is 1. The number of nitrogens with zero attached hydrogens (tertiary/aromatic N) is 1. The monoisotopic (exact) mass is 457 g/mol. The van der Waals surface area contributed by atoms with Crippen LogP contribution in [0.1, 0.15) is 45.5 Å². The first-order valence-corrected chi connectivity index (χ1v) is 11.4. The van der Waals surface area contributed by atoms with E-state index in [1.165, 1.54) is 11.0 Å². The van der Waals surface area contributed by atoms with Gasteiger partial charge in [0.25, 0.3) is 0 Å². The number of amides is 2. The zero-order chi connectivity index (χ0) is 22.9. The average molecular weight is 458 g/mol. The number of hydrogen-bond acceptors (Lipinski definition) is 4. The minimum absolute atomic E-state index is 0.238. The molecule has 33 heavy (non-hydrogen) atoms. The Morgan fingerprint density at radius 3 is 2.21 bits per heavy atom. The summed E-state index contributed by atoms with van der Waals surface area (Å²) in [6.45, 7) is 1.97. The second kappa shape index (κ2) is 7.03. The molecule has 0 unspecified atom stereocenters. The highest BCUT2D eigenvalue weighted by atomic mass is 35.5. The van der Waals surface area contributed by atoms with Crippen molar-refractivity contribution in [2.45, 2.75) is 17.7 Å². The molecule has 5 nitrogen and oxygen atoms in total. The normalized spacial score (nSPS) is 26.6. The molecular weight excluding hydrogens is 438 g/mol. The number of halogens is 1. The minimum atomic E-state index is -1.13. The van der Waals surface area contributed by atoms with Crippen molar-refractivity contribution in [1.82, 2.24) is 0 Å². The highest BCUT2D eigenvalue weighted by Gasteiger charge is 2.68. The number of anilines is 1. The molecule has 2 atom stereocenters. The van der Waals surface area contributed by atoms with Gasteiger partial charge in [0.05, 0.1) is 29.7 Å². The first-order chi connectivity index (χ1) is 16.0. The standard InChI is InChI=1S/C27H20ClNO4/c1-2-33-26(32)15-8-7-9-16(14-15)29-24(30)22-21-17-10-3-5-12-19(17)27(28,23(22)25(29)31)20-13-6-4-11-18(20)21/h3-14,21-23H,2H2,1H3/t21?,22-,23-,27?/m0/s1. The maximum atomic E-state index is 13.9. The molecule has 0 saturated carbocycles. The summed E-state index contributed by atoms with van der Waals surface area (Å²) in [4.78, 5) is 40.0. The lowest BCUT2D eigenvalue weighted by atomic mass is 9.54. The van der Waals surface area contributed by atoms with E-state index >= 15 is 0 Å². The minimum Gasteiger partial charge on any atom is -0.462 e. The van der Waals surface area contributed by atoms with E-state index in [0.717, 1.165) is 22.3 Å². The van der Waals surface area contributed by atoms with Gasteiger partial charge in [-0.15, -0.1) is 11.6 Å². The molecule has 0 spiro atoms. The fourth-order valence-corrected chi connectivity index (χ4v) is 6.49. The van der Waals surface area contributed by atoms with Crippen molar-refractivity contribution in [2.24, 2.45) is 11.8 Å². The van der Waals surface area contributed by atoms with E-state index < -0.39 is 22.7 Å². The quantitative estimate of drug-likeness (QED) is 0.327. The van der Waals surface area contributed by atoms with Gasteiger partial charge in [0.2, 0.25) is 11.8 Å². The molecule has 1 fully saturated rings. The molecule has 7 rings (SSSR count). The van der Waals surface area contributed by atoms with Crippen molar-refractivity contribution >= 4 is 35.1 Å². The Morgan fingerprint density at radius 1 is 0.939 bits per heavy atom. The molecule has 1 aliphatic heterocycles. The highest BCUT2D eigenvalue weighted by molar-refractivity contribution is 6.33. The van der Waals surface area contributed by atoms with Crippen molar-refractivity contribution < 1.29 is 19.1 Å². The van der Waals surface area contributed by atoms with Gasteiger partial charge in [-0.2, -0.15) is 0 Å². The summed E-state index contributed by atoms with van der Waals surface area (Å²) in [5.41, 5.74) is 4.42. The topological polar surface area (TPSA) is 63.7 Å². The van der Waals surface area contributed by atoms with Crippen LogP contribution < -0.4 is 4.90 Å². The molecule has 1 heterocycles. The van der Waals surface area contributed by atoms with Crippen LogP contribution in [0.25, 0.3) is 0 Å². The molecule has 3 aromatic carbocycles. The second-order valence-corrected chi connectivity index (χ2v) is 9.25. The van der Waals surface area contributed by atoms with Gasteiger partial charge in [0.1, 0.15) is 4.87 Å². The van der Waals surface area contributed by atoms with E-state index in [-0.39, 0.29) is 24.3 Å². The fourth-order valence-electron chi connectivity index (χ4n) is 5.92. The maximum absolute atomic E-state index is 13.9. The van der Waals surface area contributed by atoms with Crippen LogP contribution in [-0.4, -0.2) is 24.4 Å². The Bertz CT molecular complexity index is 1300. The van der Waals surface area contributed by atoms with Crippen LogP contribution >= 0.6 is 11.6 Å². The molecule has 4 aliphatic rings. The van der Waals surface area contributed by atoms with Crippen molar-refractivity contribution in [3.8, 4) is 0 Å². The second-order valence-electron chi connectivity index (χ2n) is 8.65. The molecule has 0 aromatic heterocycles. The number of ether oxygens (including phenoxy) is 1. The third-order valence-corrected chi connectivity index (χ3v) is 7.77. The first kappa shape index (κ1) is 20.2. The predicted octanol–water partition coefficient (Wildman–Crippen LogP) is 4.61. The van der Waals surface area contributed by atoms with Crippen LogP contribution in [0.5, 0.6) is 0 Å². The lowest BCUT2D eigenvalue weighted by Crippen LogP contribution is -2.50. The van der Waals surface area contributed by atoms with Crippen LogP contribution in [-0.2, 0) is 19.2 Å². The summed E-state index contributed by atoms with van der Waals surface area (Å²) < 4.78 is 5.09. The summed E-state index contributed by atoms with van der Waals surface area (Å²) >= 11 is 7.42. The Kier molecular flexibility index (Phi) is 4.30. The lowest BCUT2D eigenvalue weighted by Gasteiger charge is -2.50. The van der Waals surface area contributed by atoms with Gasteiger partial charge in [0.15, 0.2) is 0 Å².